The van der Waals surface area contributed by atoms with Gasteiger partial charge in [0.2, 0.25) is 0 Å². The average molecular weight is 1210 g/mol. The topological polar surface area (TPSA) is 250 Å². The van der Waals surface area contributed by atoms with Crippen molar-refractivity contribution in [1.29, 1.82) is 0 Å². The van der Waals surface area contributed by atoms with Gasteiger partial charge >= 0.3 is 17.9 Å². The quantitative estimate of drug-likeness (QED) is 0.0708. The minimum absolute atomic E-state index is 0.0136. The summed E-state index contributed by atoms with van der Waals surface area (Å²) in [4.78, 5) is 59.3. The first-order chi connectivity index (χ1) is 39.4. The number of methoxy groups -OCH3 is 1. The molecule has 0 aromatic rings. The summed E-state index contributed by atoms with van der Waals surface area (Å²) in [6.45, 7) is 23.4. The molecule has 0 spiro atoms. The number of hydrogen-bond acceptors (Lipinski definition) is 19. The number of ketones is 1. The third kappa shape index (κ3) is 12.7. The molecule has 19 nitrogen and oxygen atoms in total. The zero-order valence-electron chi connectivity index (χ0n) is 53.7. The van der Waals surface area contributed by atoms with Gasteiger partial charge in [0, 0.05) is 48.7 Å². The number of halogens is 2. The van der Waals surface area contributed by atoms with Crippen molar-refractivity contribution in [2.75, 3.05) is 41.4 Å². The zero-order chi connectivity index (χ0) is 63.5. The number of unbranched alkanes of at least 4 members (excludes halogenated alkanes) is 1. The van der Waals surface area contributed by atoms with Crippen molar-refractivity contribution in [3.63, 3.8) is 0 Å². The molecule has 7 rings (SSSR count). The number of aliphatic hydroxyl groups is 5. The lowest BCUT2D eigenvalue weighted by Gasteiger charge is -2.62. The van der Waals surface area contributed by atoms with Gasteiger partial charge in [0.05, 0.1) is 54.7 Å². The van der Waals surface area contributed by atoms with Gasteiger partial charge in [0.25, 0.3) is 0 Å². The maximum Gasteiger partial charge on any atom is 0.338 e. The smallest absolute Gasteiger partial charge is 0.338 e. The van der Waals surface area contributed by atoms with Crippen molar-refractivity contribution in [3.05, 3.63) is 23.8 Å². The van der Waals surface area contributed by atoms with Crippen LogP contribution in [0.25, 0.3) is 0 Å². The second-order valence-corrected chi connectivity index (χ2v) is 28.5. The fourth-order valence-corrected chi connectivity index (χ4v) is 16.4. The van der Waals surface area contributed by atoms with Crippen molar-refractivity contribution >= 4 is 23.7 Å². The van der Waals surface area contributed by atoms with Gasteiger partial charge in [-0.05, 0) is 169 Å². The maximum absolute atomic E-state index is 17.8. The van der Waals surface area contributed by atoms with E-state index in [1.54, 1.807) is 41.5 Å². The molecule has 25 atom stereocenters. The van der Waals surface area contributed by atoms with E-state index in [1.807, 2.05) is 51.7 Å². The molecule has 5 N–H and O–H groups in total. The predicted molar refractivity (Wildman–Crippen MR) is 310 cm³/mol. The molecule has 486 valence electrons. The second-order valence-electron chi connectivity index (χ2n) is 28.5. The molecular formula is C64H104F2N2O17. The number of likely N-dealkylation sites (N-methyl/N-ethyl adjacent to an activating group) is 2. The van der Waals surface area contributed by atoms with Gasteiger partial charge in [-0.1, -0.05) is 47.6 Å². The van der Waals surface area contributed by atoms with Crippen LogP contribution in [-0.2, 0) is 57.1 Å². The number of esters is 3. The van der Waals surface area contributed by atoms with Crippen LogP contribution in [0.4, 0.5) is 8.78 Å². The SMILES string of the molecule is CC[C@H]1OC(=O)[C@H](C)[C@@H](O[C@@H]2C[C@](C)(OC)[C@H](O)[C@@H](C)O2)[C@H](C)C(O[C@H]2O[C@@H](C)C[C@H](N(C)C)C2OC(=O)CCCCOC(=O)[C@@]2(O)[C@H](C)CC3C4C[C@H](F)C5=CC(=O)C=C[C@]5(C)[C@@]4(F)[C@@H](O)C[C@@]32C)C(C)(C)CCCN(C)[C@H](C)[C@H](O)[C@]1(C)O. The van der Waals surface area contributed by atoms with Crippen LogP contribution in [0, 0.1) is 45.8 Å². The van der Waals surface area contributed by atoms with Crippen molar-refractivity contribution < 1.29 is 91.4 Å². The molecule has 3 heterocycles. The summed E-state index contributed by atoms with van der Waals surface area (Å²) in [6, 6.07) is -0.923. The fraction of sp³-hybridized carbons (Fsp3) is 0.875. The number of aliphatic hydroxyl groups excluding tert-OH is 3. The van der Waals surface area contributed by atoms with E-state index in [2.05, 4.69) is 13.8 Å². The first-order valence-electron chi connectivity index (χ1n) is 31.3. The molecule has 4 unspecified atom stereocenters. The Bertz CT molecular complexity index is 2450. The molecule has 0 aromatic carbocycles. The van der Waals surface area contributed by atoms with Gasteiger partial charge in [-0.3, -0.25) is 14.4 Å². The number of carbonyl (C=O) groups is 4. The van der Waals surface area contributed by atoms with Crippen LogP contribution in [0.3, 0.4) is 0 Å². The van der Waals surface area contributed by atoms with Gasteiger partial charge in [0.1, 0.15) is 30.1 Å². The van der Waals surface area contributed by atoms with E-state index >= 15 is 8.78 Å². The highest BCUT2D eigenvalue weighted by atomic mass is 19.1. The lowest BCUT2D eigenvalue weighted by molar-refractivity contribution is -0.314. The Hall–Kier alpha value is -3.06. The normalized spacial score (nSPS) is 47.3. The number of cyclic esters (lactones) is 1. The number of fused-ring (bicyclic) bond motifs is 5. The van der Waals surface area contributed by atoms with Crippen LogP contribution in [0.5, 0.6) is 0 Å². The van der Waals surface area contributed by atoms with Crippen LogP contribution in [0.1, 0.15) is 161 Å². The molecular weight excluding hydrogens is 1110 g/mol. The Kier molecular flexibility index (Phi) is 21.3. The Morgan fingerprint density at radius 3 is 2.19 bits per heavy atom. The fourth-order valence-electron chi connectivity index (χ4n) is 16.4. The molecule has 3 saturated heterocycles. The van der Waals surface area contributed by atoms with E-state index < -0.39 is 166 Å². The molecule has 85 heavy (non-hydrogen) atoms. The Morgan fingerprint density at radius 2 is 1.55 bits per heavy atom. The van der Waals surface area contributed by atoms with Crippen molar-refractivity contribution in [2.24, 2.45) is 45.8 Å². The number of carbonyl (C=O) groups excluding carboxylic acids is 4. The van der Waals surface area contributed by atoms with Crippen LogP contribution in [0.15, 0.2) is 23.8 Å². The standard InChI is InChI=1S/C64H104F2N2O17/c1-18-47-62(13,76)52(72)38(6)68(16)26-21-24-58(8,9)54(36(4)50(37(5)55(74)82-47)84-49-33-61(12,78-17)53(73)39(7)81-49)85-56-51(45(67(14)15)29-35(3)80-56)83-48(71)22-19-20-27-79-57(75)64(77)34(2)28-41-42-31-44(65)43-30-40(69)23-25-59(43,10)63(42,66)46(70)32-60(41,64)11/h23,25,30,34-39,41-42,44-47,49-54,56,70,72-73,76-77H,18-22,24,26-29,31-33H2,1-17H3/t34-,35+,36+,37-,38-,39-,41?,42?,44+,45+,46+,47-,49-,50+,51?,52+,53-,54?,56-,59+,60+,61+,62-,63+,64+/m1/s1. The predicted octanol–water partition coefficient (Wildman–Crippen LogP) is 6.49. The Labute approximate surface area is 503 Å². The van der Waals surface area contributed by atoms with E-state index in [4.69, 9.17) is 37.9 Å². The highest BCUT2D eigenvalue weighted by molar-refractivity contribution is 6.01. The summed E-state index contributed by atoms with van der Waals surface area (Å²) >= 11 is 0. The second kappa shape index (κ2) is 26.0. The van der Waals surface area contributed by atoms with E-state index in [0.717, 1.165) is 6.08 Å². The van der Waals surface area contributed by atoms with Gasteiger partial charge in [-0.2, -0.15) is 0 Å². The van der Waals surface area contributed by atoms with Crippen LogP contribution >= 0.6 is 0 Å². The molecule has 0 aromatic heterocycles. The molecule has 0 radical (unpaired) electrons. The summed E-state index contributed by atoms with van der Waals surface area (Å²) in [6.07, 6.45) is -7.22. The summed E-state index contributed by atoms with van der Waals surface area (Å²) in [7, 11) is 7.14. The first kappa shape index (κ1) is 69.4. The summed E-state index contributed by atoms with van der Waals surface area (Å²) in [5.41, 5.74) is -11.2. The van der Waals surface area contributed by atoms with Gasteiger partial charge < -0.3 is 73.2 Å². The van der Waals surface area contributed by atoms with Crippen LogP contribution in [0.2, 0.25) is 0 Å². The van der Waals surface area contributed by atoms with Crippen LogP contribution < -0.4 is 0 Å². The summed E-state index contributed by atoms with van der Waals surface area (Å²) < 4.78 is 85.3. The van der Waals surface area contributed by atoms with Crippen LogP contribution in [-0.4, -0.2) is 209 Å². The minimum Gasteiger partial charge on any atom is -0.464 e. The number of nitrogens with zero attached hydrogens (tertiary/aromatic N) is 2. The molecule has 3 aliphatic heterocycles. The summed E-state index contributed by atoms with van der Waals surface area (Å²) in [5.74, 6) is -6.88. The largest absolute Gasteiger partial charge is 0.464 e. The van der Waals surface area contributed by atoms with E-state index in [0.29, 0.717) is 25.8 Å². The van der Waals surface area contributed by atoms with Gasteiger partial charge in [0.15, 0.2) is 35.7 Å². The molecule has 0 amide bonds. The number of hydrogen-bond donors (Lipinski definition) is 5. The van der Waals surface area contributed by atoms with Crippen molar-refractivity contribution in [3.8, 4) is 0 Å². The van der Waals surface area contributed by atoms with E-state index in [-0.39, 0.29) is 75.7 Å². The zero-order valence-corrected chi connectivity index (χ0v) is 53.7. The molecule has 0 bridgehead atoms. The number of allylic oxidation sites excluding steroid dienone is 4. The molecule has 21 heteroatoms. The van der Waals surface area contributed by atoms with Gasteiger partial charge in [-0.25, -0.2) is 13.6 Å². The van der Waals surface area contributed by atoms with Crippen molar-refractivity contribution in [2.45, 2.75) is 269 Å². The van der Waals surface area contributed by atoms with Gasteiger partial charge in [-0.15, -0.1) is 0 Å². The third-order valence-electron chi connectivity index (χ3n) is 22.1. The Morgan fingerprint density at radius 1 is 0.882 bits per heavy atom. The third-order valence-corrected chi connectivity index (χ3v) is 22.1. The highest BCUT2D eigenvalue weighted by Crippen LogP contribution is 2.71. The number of ether oxygens (including phenoxy) is 8. The first-order valence-corrected chi connectivity index (χ1v) is 31.3. The molecule has 6 fully saturated rings. The Balaban J connectivity index is 1.09. The molecule has 3 saturated carbocycles. The maximum atomic E-state index is 17.8. The number of rotatable bonds is 14. The lowest BCUT2D eigenvalue weighted by Crippen LogP contribution is -2.70. The minimum atomic E-state index is -2.38. The molecule has 7 aliphatic rings. The monoisotopic (exact) mass is 1210 g/mol. The van der Waals surface area contributed by atoms with E-state index in [9.17, 15) is 44.7 Å². The molecule has 4 aliphatic carbocycles. The number of alkyl halides is 2. The van der Waals surface area contributed by atoms with E-state index in [1.165, 1.54) is 33.1 Å². The summed E-state index contributed by atoms with van der Waals surface area (Å²) in [5, 5.41) is 59.1. The highest BCUT2D eigenvalue weighted by Gasteiger charge is 2.77. The average Bonchev–Trinajstić information content (AvgIpc) is 1.67. The lowest BCUT2D eigenvalue weighted by atomic mass is 9.44. The van der Waals surface area contributed by atoms with Crippen molar-refractivity contribution in [1.82, 2.24) is 9.80 Å².